The highest BCUT2D eigenvalue weighted by atomic mass is 19.4. The molecule has 0 aliphatic carbocycles. The smallest absolute Gasteiger partial charge is 0.433 e. The monoisotopic (exact) mass is 402 g/mol. The Labute approximate surface area is 154 Å². The summed E-state index contributed by atoms with van der Waals surface area (Å²) in [7, 11) is 1.13. The van der Waals surface area contributed by atoms with Gasteiger partial charge < -0.3 is 9.47 Å². The molecule has 4 nitrogen and oxygen atoms in total. The van der Waals surface area contributed by atoms with E-state index in [2.05, 4.69) is 5.10 Å². The molecule has 3 aromatic rings. The molecule has 3 rings (SSSR count). The maximum absolute atomic E-state index is 12.8. The van der Waals surface area contributed by atoms with E-state index >= 15 is 0 Å². The molecule has 0 radical (unpaired) electrons. The number of aryl methyl sites for hydroxylation is 1. The van der Waals surface area contributed by atoms with Crippen LogP contribution in [-0.2, 0) is 19.4 Å². The van der Waals surface area contributed by atoms with Crippen LogP contribution in [0.1, 0.15) is 11.3 Å². The third-order valence-electron chi connectivity index (χ3n) is 3.57. The number of halogens is 6. The lowest BCUT2D eigenvalue weighted by Crippen LogP contribution is -2.11. The van der Waals surface area contributed by atoms with E-state index in [1.807, 2.05) is 0 Å². The first-order chi connectivity index (χ1) is 13.0. The lowest BCUT2D eigenvalue weighted by atomic mass is 10.2. The fraction of sp³-hybridized carbons (Fsp3) is 0.167. The first kappa shape index (κ1) is 19.6. The van der Waals surface area contributed by atoms with Crippen molar-refractivity contribution in [2.45, 2.75) is 12.4 Å². The SMILES string of the molecule is Cn1nc(Oc2cccc(Oc3cccc(C(F)(F)F)c3)c2)cc1C(F)(F)F. The molecule has 0 N–H and O–H groups in total. The molecule has 0 atom stereocenters. The van der Waals surface area contributed by atoms with Crippen LogP contribution in [0, 0.1) is 0 Å². The first-order valence-electron chi connectivity index (χ1n) is 7.76. The standard InChI is InChI=1S/C18H12F6N2O2/c1-26-15(18(22,23)24)10-16(25-26)28-14-7-3-6-13(9-14)27-12-5-2-4-11(8-12)17(19,20)21/h2-10H,1H3. The molecule has 0 saturated heterocycles. The largest absolute Gasteiger partial charge is 0.457 e. The second kappa shape index (κ2) is 7.10. The van der Waals surface area contributed by atoms with Gasteiger partial charge in [-0.15, -0.1) is 5.10 Å². The summed E-state index contributed by atoms with van der Waals surface area (Å²) in [6.45, 7) is 0. The lowest BCUT2D eigenvalue weighted by molar-refractivity contribution is -0.143. The van der Waals surface area contributed by atoms with E-state index in [-0.39, 0.29) is 23.1 Å². The van der Waals surface area contributed by atoms with Crippen LogP contribution in [0.25, 0.3) is 0 Å². The molecule has 28 heavy (non-hydrogen) atoms. The summed E-state index contributed by atoms with van der Waals surface area (Å²) in [4.78, 5) is 0. The first-order valence-corrected chi connectivity index (χ1v) is 7.76. The minimum absolute atomic E-state index is 0.0517. The van der Waals surface area contributed by atoms with Crippen LogP contribution >= 0.6 is 0 Å². The van der Waals surface area contributed by atoms with Crippen LogP contribution in [0.5, 0.6) is 23.1 Å². The molecule has 0 spiro atoms. The zero-order valence-corrected chi connectivity index (χ0v) is 14.2. The number of aromatic nitrogens is 2. The maximum Gasteiger partial charge on any atom is 0.433 e. The van der Waals surface area contributed by atoms with Gasteiger partial charge in [0.25, 0.3) is 0 Å². The van der Waals surface area contributed by atoms with Gasteiger partial charge >= 0.3 is 12.4 Å². The second-order valence-electron chi connectivity index (χ2n) is 5.69. The van der Waals surface area contributed by atoms with Crippen molar-refractivity contribution in [3.63, 3.8) is 0 Å². The van der Waals surface area contributed by atoms with Gasteiger partial charge in [-0.2, -0.15) is 26.3 Å². The summed E-state index contributed by atoms with van der Waals surface area (Å²) in [6.07, 6.45) is -9.10. The Morgan fingerprint density at radius 1 is 0.750 bits per heavy atom. The van der Waals surface area contributed by atoms with Gasteiger partial charge in [-0.05, 0) is 30.3 Å². The molecule has 0 aliphatic rings. The Morgan fingerprint density at radius 2 is 1.32 bits per heavy atom. The zero-order valence-electron chi connectivity index (χ0n) is 14.2. The van der Waals surface area contributed by atoms with Crippen molar-refractivity contribution in [1.29, 1.82) is 0 Å². The van der Waals surface area contributed by atoms with E-state index < -0.39 is 23.6 Å². The molecule has 148 valence electrons. The third-order valence-corrected chi connectivity index (χ3v) is 3.57. The summed E-state index contributed by atoms with van der Waals surface area (Å²) >= 11 is 0. The average Bonchev–Trinajstić information content (AvgIpc) is 2.95. The van der Waals surface area contributed by atoms with Crippen LogP contribution in [0.15, 0.2) is 54.6 Å². The predicted octanol–water partition coefficient (Wildman–Crippen LogP) is 6.04. The van der Waals surface area contributed by atoms with Crippen molar-refractivity contribution in [2.24, 2.45) is 7.05 Å². The fourth-order valence-corrected chi connectivity index (χ4v) is 2.35. The van der Waals surface area contributed by atoms with E-state index in [1.54, 1.807) is 0 Å². The van der Waals surface area contributed by atoms with Gasteiger partial charge in [0.2, 0.25) is 5.88 Å². The quantitative estimate of drug-likeness (QED) is 0.499. The second-order valence-corrected chi connectivity index (χ2v) is 5.69. The Morgan fingerprint density at radius 3 is 1.89 bits per heavy atom. The van der Waals surface area contributed by atoms with E-state index in [1.165, 1.54) is 36.4 Å². The molecule has 0 unspecified atom stereocenters. The van der Waals surface area contributed by atoms with Gasteiger partial charge in [0.1, 0.15) is 22.9 Å². The number of nitrogens with zero attached hydrogens (tertiary/aromatic N) is 2. The summed E-state index contributed by atoms with van der Waals surface area (Å²) < 4.78 is 88.0. The van der Waals surface area contributed by atoms with Crippen molar-refractivity contribution in [1.82, 2.24) is 9.78 Å². The number of hydrogen-bond acceptors (Lipinski definition) is 3. The van der Waals surface area contributed by atoms with E-state index in [4.69, 9.17) is 9.47 Å². The number of hydrogen-bond donors (Lipinski definition) is 0. The van der Waals surface area contributed by atoms with Gasteiger partial charge in [0, 0.05) is 19.2 Å². The number of benzene rings is 2. The average molecular weight is 402 g/mol. The number of alkyl halides is 6. The Bertz CT molecular complexity index is 979. The summed E-state index contributed by atoms with van der Waals surface area (Å²) in [5.74, 6) is -0.0877. The van der Waals surface area contributed by atoms with Gasteiger partial charge in [0.05, 0.1) is 5.56 Å². The van der Waals surface area contributed by atoms with Gasteiger partial charge in [-0.3, -0.25) is 4.68 Å². The van der Waals surface area contributed by atoms with Crippen molar-refractivity contribution in [3.05, 3.63) is 65.9 Å². The number of rotatable bonds is 4. The van der Waals surface area contributed by atoms with Crippen molar-refractivity contribution < 1.29 is 35.8 Å². The van der Waals surface area contributed by atoms with Crippen molar-refractivity contribution >= 4 is 0 Å². The van der Waals surface area contributed by atoms with Crippen LogP contribution < -0.4 is 9.47 Å². The fourth-order valence-electron chi connectivity index (χ4n) is 2.35. The molecule has 0 bridgehead atoms. The van der Waals surface area contributed by atoms with Crippen LogP contribution in [0.2, 0.25) is 0 Å². The van der Waals surface area contributed by atoms with Crippen LogP contribution in [0.3, 0.4) is 0 Å². The summed E-state index contributed by atoms with van der Waals surface area (Å²) in [5, 5.41) is 3.63. The minimum atomic E-state index is -4.59. The predicted molar refractivity (Wildman–Crippen MR) is 86.2 cm³/mol. The molecule has 0 amide bonds. The molecule has 2 aromatic carbocycles. The lowest BCUT2D eigenvalue weighted by Gasteiger charge is -2.10. The molecular formula is C18H12F6N2O2. The Balaban J connectivity index is 1.78. The number of ether oxygens (including phenoxy) is 2. The highest BCUT2D eigenvalue weighted by Gasteiger charge is 2.35. The third kappa shape index (κ3) is 4.56. The Kier molecular flexibility index (Phi) is 4.97. The van der Waals surface area contributed by atoms with Gasteiger partial charge in [-0.25, -0.2) is 0 Å². The summed E-state index contributed by atoms with van der Waals surface area (Å²) in [5.41, 5.74) is -1.86. The molecule has 1 heterocycles. The van der Waals surface area contributed by atoms with Gasteiger partial charge in [-0.1, -0.05) is 12.1 Å². The normalized spacial score (nSPS) is 12.1. The van der Waals surface area contributed by atoms with E-state index in [9.17, 15) is 26.3 Å². The Hall–Kier alpha value is -3.17. The topological polar surface area (TPSA) is 36.3 Å². The van der Waals surface area contributed by atoms with Crippen LogP contribution in [0.4, 0.5) is 26.3 Å². The molecule has 1 aromatic heterocycles. The highest BCUT2D eigenvalue weighted by molar-refractivity contribution is 5.39. The molecule has 0 fully saturated rings. The minimum Gasteiger partial charge on any atom is -0.457 e. The maximum atomic E-state index is 12.8. The van der Waals surface area contributed by atoms with Crippen LogP contribution in [-0.4, -0.2) is 9.78 Å². The highest BCUT2D eigenvalue weighted by Crippen LogP contribution is 2.35. The molecular weight excluding hydrogens is 390 g/mol. The van der Waals surface area contributed by atoms with E-state index in [0.29, 0.717) is 4.68 Å². The summed E-state index contributed by atoms with van der Waals surface area (Å²) in [6, 6.07) is 10.7. The van der Waals surface area contributed by atoms with Crippen molar-refractivity contribution in [2.75, 3.05) is 0 Å². The van der Waals surface area contributed by atoms with Crippen molar-refractivity contribution in [3.8, 4) is 23.1 Å². The van der Waals surface area contributed by atoms with E-state index in [0.717, 1.165) is 25.2 Å². The molecule has 0 aliphatic heterocycles. The zero-order chi connectivity index (χ0) is 20.5. The molecule has 0 saturated carbocycles. The van der Waals surface area contributed by atoms with Gasteiger partial charge in [0.15, 0.2) is 0 Å². The molecule has 10 heteroatoms.